The summed E-state index contributed by atoms with van der Waals surface area (Å²) in [6.45, 7) is 2.89. The highest BCUT2D eigenvalue weighted by atomic mass is 16.5. The molecule has 0 atom stereocenters. The summed E-state index contributed by atoms with van der Waals surface area (Å²) in [4.78, 5) is 11.0. The molecule has 2 rings (SSSR count). The van der Waals surface area contributed by atoms with E-state index in [9.17, 15) is 4.79 Å². The van der Waals surface area contributed by atoms with Crippen molar-refractivity contribution in [1.29, 1.82) is 0 Å². The SMILES string of the molecule is CCCc1ccc(OCC2CC2)c(C=O)c1. The molecule has 0 aromatic heterocycles. The minimum Gasteiger partial charge on any atom is -0.493 e. The molecule has 1 aliphatic rings. The Bertz CT molecular complexity index is 367. The zero-order chi connectivity index (χ0) is 11.4. The third-order valence-electron chi connectivity index (χ3n) is 2.91. The van der Waals surface area contributed by atoms with Gasteiger partial charge in [0.15, 0.2) is 6.29 Å². The van der Waals surface area contributed by atoms with Crippen LogP contribution in [0, 0.1) is 5.92 Å². The van der Waals surface area contributed by atoms with Gasteiger partial charge in [-0.25, -0.2) is 0 Å². The predicted octanol–water partition coefficient (Wildman–Crippen LogP) is 3.24. The molecule has 1 fully saturated rings. The molecule has 1 aliphatic carbocycles. The molecule has 2 nitrogen and oxygen atoms in total. The number of hydrogen-bond acceptors (Lipinski definition) is 2. The Labute approximate surface area is 96.6 Å². The van der Waals surface area contributed by atoms with Crippen molar-refractivity contribution in [3.63, 3.8) is 0 Å². The Kier molecular flexibility index (Phi) is 3.60. The number of aldehydes is 1. The fourth-order valence-corrected chi connectivity index (χ4v) is 1.76. The second kappa shape index (κ2) is 5.15. The van der Waals surface area contributed by atoms with Gasteiger partial charge in [-0.15, -0.1) is 0 Å². The molecule has 1 aromatic rings. The molecule has 2 heteroatoms. The highest BCUT2D eigenvalue weighted by Crippen LogP contribution is 2.30. The molecule has 0 spiro atoms. The van der Waals surface area contributed by atoms with Gasteiger partial charge in [0.2, 0.25) is 0 Å². The fourth-order valence-electron chi connectivity index (χ4n) is 1.76. The van der Waals surface area contributed by atoms with Gasteiger partial charge in [0.05, 0.1) is 12.2 Å². The van der Waals surface area contributed by atoms with E-state index < -0.39 is 0 Å². The van der Waals surface area contributed by atoms with Gasteiger partial charge >= 0.3 is 0 Å². The first-order valence-electron chi connectivity index (χ1n) is 6.04. The zero-order valence-corrected chi connectivity index (χ0v) is 9.74. The van der Waals surface area contributed by atoms with E-state index in [4.69, 9.17) is 4.74 Å². The molecule has 0 unspecified atom stereocenters. The Morgan fingerprint density at radius 2 is 2.25 bits per heavy atom. The first-order valence-corrected chi connectivity index (χ1v) is 6.04. The molecule has 1 aromatic carbocycles. The van der Waals surface area contributed by atoms with Gasteiger partial charge in [-0.2, -0.15) is 0 Å². The summed E-state index contributed by atoms with van der Waals surface area (Å²) in [5, 5.41) is 0. The van der Waals surface area contributed by atoms with Crippen LogP contribution in [-0.2, 0) is 6.42 Å². The summed E-state index contributed by atoms with van der Waals surface area (Å²) in [5.41, 5.74) is 1.90. The largest absolute Gasteiger partial charge is 0.493 e. The molecular formula is C14H18O2. The molecule has 0 bridgehead atoms. The Hall–Kier alpha value is -1.31. The summed E-state index contributed by atoms with van der Waals surface area (Å²) in [6, 6.07) is 5.93. The Morgan fingerprint density at radius 1 is 1.44 bits per heavy atom. The van der Waals surface area contributed by atoms with Crippen LogP contribution in [0.1, 0.15) is 42.1 Å². The average molecular weight is 218 g/mol. The number of benzene rings is 1. The summed E-state index contributed by atoms with van der Waals surface area (Å²) in [5.74, 6) is 1.46. The van der Waals surface area contributed by atoms with Crippen molar-refractivity contribution >= 4 is 6.29 Å². The minimum absolute atomic E-state index is 0.687. The monoisotopic (exact) mass is 218 g/mol. The van der Waals surface area contributed by atoms with Crippen LogP contribution >= 0.6 is 0 Å². The number of carbonyl (C=O) groups is 1. The number of rotatable bonds is 6. The van der Waals surface area contributed by atoms with Crippen molar-refractivity contribution in [1.82, 2.24) is 0 Å². The van der Waals surface area contributed by atoms with E-state index in [1.165, 1.54) is 18.4 Å². The van der Waals surface area contributed by atoms with Crippen LogP contribution in [0.3, 0.4) is 0 Å². The van der Waals surface area contributed by atoms with Gasteiger partial charge in [0.1, 0.15) is 5.75 Å². The van der Waals surface area contributed by atoms with Crippen LogP contribution in [0.25, 0.3) is 0 Å². The smallest absolute Gasteiger partial charge is 0.153 e. The third-order valence-corrected chi connectivity index (χ3v) is 2.91. The summed E-state index contributed by atoms with van der Waals surface area (Å²) in [7, 11) is 0. The van der Waals surface area contributed by atoms with Gasteiger partial charge in [-0.05, 0) is 42.9 Å². The minimum atomic E-state index is 0.687. The number of aryl methyl sites for hydroxylation is 1. The van der Waals surface area contributed by atoms with Crippen molar-refractivity contribution in [2.45, 2.75) is 32.6 Å². The van der Waals surface area contributed by atoms with Crippen LogP contribution in [-0.4, -0.2) is 12.9 Å². The van der Waals surface area contributed by atoms with Crippen molar-refractivity contribution in [3.05, 3.63) is 29.3 Å². The third kappa shape index (κ3) is 2.84. The average Bonchev–Trinajstić information content (AvgIpc) is 3.11. The number of ether oxygens (including phenoxy) is 1. The zero-order valence-electron chi connectivity index (χ0n) is 9.74. The van der Waals surface area contributed by atoms with Crippen molar-refractivity contribution in [3.8, 4) is 5.75 Å². The lowest BCUT2D eigenvalue weighted by Gasteiger charge is -2.09. The van der Waals surface area contributed by atoms with E-state index in [1.54, 1.807) is 0 Å². The molecule has 0 aliphatic heterocycles. The maximum atomic E-state index is 11.0. The summed E-state index contributed by atoms with van der Waals surface area (Å²) < 4.78 is 5.65. The van der Waals surface area contributed by atoms with E-state index in [1.807, 2.05) is 12.1 Å². The van der Waals surface area contributed by atoms with Gasteiger partial charge in [0, 0.05) is 0 Å². The maximum Gasteiger partial charge on any atom is 0.153 e. The van der Waals surface area contributed by atoms with E-state index in [2.05, 4.69) is 13.0 Å². The highest BCUT2D eigenvalue weighted by molar-refractivity contribution is 5.79. The van der Waals surface area contributed by atoms with Crippen molar-refractivity contribution < 1.29 is 9.53 Å². The highest BCUT2D eigenvalue weighted by Gasteiger charge is 2.22. The van der Waals surface area contributed by atoms with Crippen LogP contribution in [0.2, 0.25) is 0 Å². The van der Waals surface area contributed by atoms with Crippen LogP contribution in [0.15, 0.2) is 18.2 Å². The number of carbonyl (C=O) groups excluding carboxylic acids is 1. The molecule has 0 heterocycles. The van der Waals surface area contributed by atoms with Gasteiger partial charge < -0.3 is 4.74 Å². The Morgan fingerprint density at radius 3 is 2.88 bits per heavy atom. The van der Waals surface area contributed by atoms with E-state index in [-0.39, 0.29) is 0 Å². The van der Waals surface area contributed by atoms with Crippen LogP contribution < -0.4 is 4.74 Å². The quantitative estimate of drug-likeness (QED) is 0.685. The normalized spacial score (nSPS) is 14.8. The molecule has 1 saturated carbocycles. The molecule has 86 valence electrons. The van der Waals surface area contributed by atoms with Gasteiger partial charge in [-0.3, -0.25) is 4.79 Å². The second-order valence-electron chi connectivity index (χ2n) is 4.49. The van der Waals surface area contributed by atoms with Gasteiger partial charge in [0.25, 0.3) is 0 Å². The van der Waals surface area contributed by atoms with E-state index in [0.717, 1.165) is 37.4 Å². The fraction of sp³-hybridized carbons (Fsp3) is 0.500. The number of hydrogen-bond donors (Lipinski definition) is 0. The second-order valence-corrected chi connectivity index (χ2v) is 4.49. The van der Waals surface area contributed by atoms with Crippen molar-refractivity contribution in [2.24, 2.45) is 5.92 Å². The standard InChI is InChI=1S/C14H18O2/c1-2-3-11-6-7-14(13(8-11)9-15)16-10-12-4-5-12/h6-9,12H,2-5,10H2,1H3. The first-order chi connectivity index (χ1) is 7.83. The topological polar surface area (TPSA) is 26.3 Å². The molecule has 16 heavy (non-hydrogen) atoms. The lowest BCUT2D eigenvalue weighted by atomic mass is 10.1. The summed E-state index contributed by atoms with van der Waals surface area (Å²) >= 11 is 0. The van der Waals surface area contributed by atoms with E-state index in [0.29, 0.717) is 5.56 Å². The lowest BCUT2D eigenvalue weighted by Crippen LogP contribution is -2.02. The van der Waals surface area contributed by atoms with Gasteiger partial charge in [-0.1, -0.05) is 19.4 Å². The maximum absolute atomic E-state index is 11.0. The first kappa shape index (κ1) is 11.2. The molecule has 0 radical (unpaired) electrons. The molecule has 0 saturated heterocycles. The summed E-state index contributed by atoms with van der Waals surface area (Å²) in [6.07, 6.45) is 5.54. The Balaban J connectivity index is 2.06. The van der Waals surface area contributed by atoms with E-state index >= 15 is 0 Å². The molecular weight excluding hydrogens is 200 g/mol. The van der Waals surface area contributed by atoms with Crippen LogP contribution in [0.5, 0.6) is 5.75 Å². The molecule has 0 amide bonds. The lowest BCUT2D eigenvalue weighted by molar-refractivity contribution is 0.111. The van der Waals surface area contributed by atoms with Crippen molar-refractivity contribution in [2.75, 3.05) is 6.61 Å². The van der Waals surface area contributed by atoms with Crippen LogP contribution in [0.4, 0.5) is 0 Å². The molecule has 0 N–H and O–H groups in total. The predicted molar refractivity (Wildman–Crippen MR) is 64.0 cm³/mol.